The van der Waals surface area contributed by atoms with E-state index in [9.17, 15) is 14.4 Å². The molecule has 0 radical (unpaired) electrons. The zero-order valence-electron chi connectivity index (χ0n) is 16.1. The number of amides is 2. The van der Waals surface area contributed by atoms with E-state index in [-0.39, 0.29) is 0 Å². The van der Waals surface area contributed by atoms with E-state index in [0.717, 1.165) is 5.69 Å². The van der Waals surface area contributed by atoms with Crippen LogP contribution in [0.5, 0.6) is 5.75 Å². The Labute approximate surface area is 176 Å². The molecule has 30 heavy (non-hydrogen) atoms. The van der Waals surface area contributed by atoms with E-state index in [4.69, 9.17) is 20.8 Å². The molecule has 156 valence electrons. The van der Waals surface area contributed by atoms with Crippen LogP contribution in [0.3, 0.4) is 0 Å². The summed E-state index contributed by atoms with van der Waals surface area (Å²) in [5, 5.41) is 3.09. The highest BCUT2D eigenvalue weighted by Gasteiger charge is 2.26. The van der Waals surface area contributed by atoms with Gasteiger partial charge in [0.15, 0.2) is 5.58 Å². The molecule has 1 fully saturated rings. The molecule has 3 aromatic rings. The van der Waals surface area contributed by atoms with Crippen molar-refractivity contribution in [1.82, 2.24) is 9.88 Å². The molecule has 9 nitrogen and oxygen atoms in total. The van der Waals surface area contributed by atoms with Crippen molar-refractivity contribution in [2.24, 2.45) is 0 Å². The summed E-state index contributed by atoms with van der Waals surface area (Å²) in [6, 6.07) is 10.2. The Bertz CT molecular complexity index is 1160. The Morgan fingerprint density at radius 2 is 1.90 bits per heavy atom. The number of nitrogens with zero attached hydrogens (tertiary/aromatic N) is 2. The number of aromatic nitrogens is 1. The maximum atomic E-state index is 12.5. The van der Waals surface area contributed by atoms with E-state index in [2.05, 4.69) is 15.2 Å². The van der Waals surface area contributed by atoms with Crippen LogP contribution in [0, 0.1) is 0 Å². The van der Waals surface area contributed by atoms with E-state index in [0.29, 0.717) is 53.7 Å². The number of hydrogen-bond acceptors (Lipinski definition) is 6. The number of rotatable bonds is 3. The van der Waals surface area contributed by atoms with E-state index in [1.165, 1.54) is 11.0 Å². The lowest BCUT2D eigenvalue weighted by molar-refractivity contribution is -0.143. The number of carbonyl (C=O) groups excluding carboxylic acids is 2. The molecule has 4 rings (SSSR count). The summed E-state index contributed by atoms with van der Waals surface area (Å²) in [5.41, 5.74) is 2.13. The molecule has 1 aliphatic heterocycles. The lowest BCUT2D eigenvalue weighted by Crippen LogP contribution is -2.51. The van der Waals surface area contributed by atoms with E-state index in [1.807, 2.05) is 12.1 Å². The quantitative estimate of drug-likeness (QED) is 0.616. The van der Waals surface area contributed by atoms with Crippen molar-refractivity contribution in [1.29, 1.82) is 0 Å². The van der Waals surface area contributed by atoms with Gasteiger partial charge in [-0.1, -0.05) is 11.6 Å². The Morgan fingerprint density at radius 1 is 1.13 bits per heavy atom. The molecule has 2 amide bonds. The van der Waals surface area contributed by atoms with Crippen molar-refractivity contribution in [3.8, 4) is 5.75 Å². The van der Waals surface area contributed by atoms with E-state index < -0.39 is 17.6 Å². The maximum absolute atomic E-state index is 12.5. The van der Waals surface area contributed by atoms with Crippen molar-refractivity contribution in [3.63, 3.8) is 0 Å². The second kappa shape index (κ2) is 8.11. The van der Waals surface area contributed by atoms with Crippen molar-refractivity contribution >= 4 is 45.9 Å². The predicted molar refractivity (Wildman–Crippen MR) is 112 cm³/mol. The zero-order valence-corrected chi connectivity index (χ0v) is 16.9. The van der Waals surface area contributed by atoms with Crippen LogP contribution in [-0.2, 0) is 9.59 Å². The summed E-state index contributed by atoms with van der Waals surface area (Å²) >= 11 is 6.07. The first-order valence-electron chi connectivity index (χ1n) is 9.26. The summed E-state index contributed by atoms with van der Waals surface area (Å²) in [6.07, 6.45) is 0. The molecule has 0 saturated carbocycles. The molecule has 1 saturated heterocycles. The number of halogens is 1. The Balaban J connectivity index is 1.37. The summed E-state index contributed by atoms with van der Waals surface area (Å²) < 4.78 is 10.2. The van der Waals surface area contributed by atoms with Crippen molar-refractivity contribution in [2.45, 2.75) is 0 Å². The van der Waals surface area contributed by atoms with Crippen LogP contribution in [0.1, 0.15) is 0 Å². The third-order valence-electron chi connectivity index (χ3n) is 4.94. The van der Waals surface area contributed by atoms with Crippen LogP contribution < -0.4 is 20.7 Å². The molecule has 0 spiro atoms. The first kappa shape index (κ1) is 19.8. The van der Waals surface area contributed by atoms with Gasteiger partial charge in [0.1, 0.15) is 5.75 Å². The molecule has 0 aliphatic carbocycles. The smallest absolute Gasteiger partial charge is 0.417 e. The number of aromatic amines is 1. The fourth-order valence-corrected chi connectivity index (χ4v) is 3.56. The zero-order chi connectivity index (χ0) is 21.3. The molecule has 2 aromatic carbocycles. The van der Waals surface area contributed by atoms with Crippen LogP contribution in [0.25, 0.3) is 11.1 Å². The van der Waals surface area contributed by atoms with Crippen molar-refractivity contribution in [2.75, 3.05) is 43.5 Å². The molecule has 2 N–H and O–H groups in total. The molecular formula is C20H19ClN4O5. The number of methoxy groups -OCH3 is 1. The van der Waals surface area contributed by atoms with Gasteiger partial charge in [0.2, 0.25) is 0 Å². The Morgan fingerprint density at radius 3 is 2.63 bits per heavy atom. The number of hydrogen-bond donors (Lipinski definition) is 2. The number of anilines is 2. The third kappa shape index (κ3) is 3.97. The van der Waals surface area contributed by atoms with Gasteiger partial charge >= 0.3 is 17.6 Å². The summed E-state index contributed by atoms with van der Waals surface area (Å²) in [5.74, 6) is -1.35. The molecule has 0 bridgehead atoms. The molecule has 2 heterocycles. The largest absolute Gasteiger partial charge is 0.495 e. The minimum Gasteiger partial charge on any atom is -0.495 e. The van der Waals surface area contributed by atoms with Gasteiger partial charge in [-0.05, 0) is 24.3 Å². The number of ether oxygens (including phenoxy) is 1. The van der Waals surface area contributed by atoms with Crippen LogP contribution in [0.15, 0.2) is 45.6 Å². The Kier molecular flexibility index (Phi) is 5.37. The van der Waals surface area contributed by atoms with Crippen LogP contribution in [0.2, 0.25) is 5.02 Å². The number of H-pyrrole nitrogens is 1. The van der Waals surface area contributed by atoms with Gasteiger partial charge in [0, 0.05) is 49.7 Å². The highest BCUT2D eigenvalue weighted by Crippen LogP contribution is 2.29. The monoisotopic (exact) mass is 430 g/mol. The van der Waals surface area contributed by atoms with Crippen LogP contribution in [-0.4, -0.2) is 55.0 Å². The van der Waals surface area contributed by atoms with E-state index >= 15 is 0 Å². The normalized spacial score (nSPS) is 14.1. The average molecular weight is 431 g/mol. The molecule has 0 atom stereocenters. The summed E-state index contributed by atoms with van der Waals surface area (Å²) in [6.45, 7) is 1.96. The van der Waals surface area contributed by atoms with Crippen molar-refractivity contribution < 1.29 is 18.7 Å². The molecule has 0 unspecified atom stereocenters. The van der Waals surface area contributed by atoms with Gasteiger partial charge in [-0.15, -0.1) is 0 Å². The topological polar surface area (TPSA) is 108 Å². The second-order valence-electron chi connectivity index (χ2n) is 6.78. The lowest BCUT2D eigenvalue weighted by atomic mass is 10.2. The Hall–Kier alpha value is -3.46. The number of piperazine rings is 1. The lowest BCUT2D eigenvalue weighted by Gasteiger charge is -2.35. The van der Waals surface area contributed by atoms with Gasteiger partial charge in [-0.3, -0.25) is 14.6 Å². The van der Waals surface area contributed by atoms with Crippen molar-refractivity contribution in [3.05, 3.63) is 52.0 Å². The molecule has 1 aliphatic rings. The fourth-order valence-electron chi connectivity index (χ4n) is 3.36. The molecule has 10 heteroatoms. The number of fused-ring (bicyclic) bond motifs is 1. The highest BCUT2D eigenvalue weighted by molar-refractivity contribution is 6.39. The first-order valence-corrected chi connectivity index (χ1v) is 9.64. The first-order chi connectivity index (χ1) is 14.4. The SMILES string of the molecule is COc1cc(N2CCN(C(=O)C(=O)Nc3ccc4[nH]c(=O)oc4c3)CC2)ccc1Cl. The maximum Gasteiger partial charge on any atom is 0.417 e. The average Bonchev–Trinajstić information content (AvgIpc) is 3.13. The van der Waals surface area contributed by atoms with Gasteiger partial charge in [0.05, 0.1) is 17.6 Å². The molecular weight excluding hydrogens is 412 g/mol. The van der Waals surface area contributed by atoms with E-state index in [1.54, 1.807) is 25.3 Å². The highest BCUT2D eigenvalue weighted by atomic mass is 35.5. The predicted octanol–water partition coefficient (Wildman–Crippen LogP) is 2.07. The standard InChI is InChI=1S/C20H19ClN4O5/c1-29-16-11-13(3-4-14(16)21)24-6-8-25(9-7-24)19(27)18(26)22-12-2-5-15-17(10-12)30-20(28)23-15/h2-5,10-11H,6-9H2,1H3,(H,22,26)(H,23,28). The minimum absolute atomic E-state index is 0.303. The minimum atomic E-state index is -0.742. The van der Waals surface area contributed by atoms with Gasteiger partial charge < -0.3 is 24.3 Å². The number of carbonyl (C=O) groups is 2. The second-order valence-corrected chi connectivity index (χ2v) is 7.18. The molecule has 1 aromatic heterocycles. The van der Waals surface area contributed by atoms with Crippen LogP contribution >= 0.6 is 11.6 Å². The number of benzene rings is 2. The van der Waals surface area contributed by atoms with Gasteiger partial charge in [0.25, 0.3) is 0 Å². The van der Waals surface area contributed by atoms with Gasteiger partial charge in [-0.2, -0.15) is 0 Å². The number of nitrogens with one attached hydrogen (secondary N) is 2. The third-order valence-corrected chi connectivity index (χ3v) is 5.25. The summed E-state index contributed by atoms with van der Waals surface area (Å²) in [4.78, 5) is 42.3. The number of oxazole rings is 1. The van der Waals surface area contributed by atoms with Crippen LogP contribution in [0.4, 0.5) is 11.4 Å². The van der Waals surface area contributed by atoms with Gasteiger partial charge in [-0.25, -0.2) is 4.79 Å². The fraction of sp³-hybridized carbons (Fsp3) is 0.250. The summed E-state index contributed by atoms with van der Waals surface area (Å²) in [7, 11) is 1.56.